The third-order valence-corrected chi connectivity index (χ3v) is 33.4. The minimum absolute atomic E-state index is 0.0169. The third kappa shape index (κ3) is 24.8. The van der Waals surface area contributed by atoms with Gasteiger partial charge >= 0.3 is 18.3 Å². The number of nitro benzene ring substituents is 1. The Morgan fingerprint density at radius 2 is 0.884 bits per heavy atom. The standard InChI is InChI=1S/C30H30FNO4S.C19H24FN3O5S.C19H26FN3O3S.C14H17FN2OS.C14H17FO2.C13H18FNO2/c1-35-20-14-19(17-33)30(15-20,26-12-6-7-13-27(26)31)16-28(37)32-29(34)36-18-25-23-10-4-2-8-21(23)22-9-3-5-11-24(22)25;1-18(2,3)28-17(24)21-16-22-19(9-13(27-4)7-11(19)10-29-16)14-8-12(23(25)26)5-6-15(14)20;1-18(2,3)26-17(24)22-16-23-19(14-8-12(21)5-6-15(14)20)9-13(25-4)7-11(19)10-27-16;1-18-10-6-9-8-19-13(16)17-14(9,7-10)11-4-2-3-5-12(11)15;1-16-11-6-10-8-17-9-14(10,7-11)12-4-2-3-5-13(12)15;1-17-10-6-9(8-16)13(15,7-10)11-4-2-3-5-12(11)14/h2-13,19-20,25,33H,14-18H2,1H3,(H,32,34,37);5-6,8,11,13H,7,9-10H2,1-4H3,(H,21,22,24);5-6,8,11,13H,7,9-10,21H2,1-4H3,(H,22,23,24);2-5,9-10H,6-8H2,1H3,(H2,16,17);2-5,10-11H,6-9H2,1H3;2-5,9-10,16H,6-8,15H2,1H3/t19-,20+,30-;2*11-,13+,19-;9-,10+,14-;10-,11+,14-;9-,10+,13-/m000000/s1. The van der Waals surface area contributed by atoms with Gasteiger partial charge in [-0.3, -0.25) is 41.0 Å². The second kappa shape index (κ2) is 47.8. The molecule has 19 rings (SSSR count). The summed E-state index contributed by atoms with van der Waals surface area (Å²) in [5.74, 6) is 0.431. The van der Waals surface area contributed by atoms with E-state index in [-0.39, 0.29) is 149 Å². The Hall–Kier alpha value is -10.1. The maximum atomic E-state index is 15.0. The lowest BCUT2D eigenvalue weighted by Gasteiger charge is -2.36. The molecule has 7 fully saturated rings. The van der Waals surface area contributed by atoms with E-state index in [0.717, 1.165) is 78.0 Å². The van der Waals surface area contributed by atoms with Crippen molar-refractivity contribution in [2.24, 2.45) is 62.0 Å². The predicted octanol–water partition coefficient (Wildman–Crippen LogP) is 19.8. The molecule has 11 N–H and O–H groups in total. The highest BCUT2D eigenvalue weighted by molar-refractivity contribution is 8.14. The number of rotatable bonds is 19. The number of benzene rings is 8. The zero-order valence-electron chi connectivity index (χ0n) is 84.1. The van der Waals surface area contributed by atoms with Crippen LogP contribution in [-0.2, 0) is 80.4 Å². The van der Waals surface area contributed by atoms with Gasteiger partial charge in [0.15, 0.2) is 15.5 Å². The highest BCUT2D eigenvalue weighted by Gasteiger charge is 2.58. The maximum absolute atomic E-state index is 15.0. The molecular formula is C109H132F6N10O17S4. The molecule has 0 aromatic heterocycles. The van der Waals surface area contributed by atoms with Crippen molar-refractivity contribution < 1.29 is 103 Å². The van der Waals surface area contributed by atoms with Crippen molar-refractivity contribution in [2.75, 3.05) is 98.7 Å². The SMILES string of the molecule is CO[C@@H]1C[C@@H](CO)[C@](CC(=S)NC(=O)OCC2c3ccccc3-c3ccccc32)(c2ccccc2F)C1.CO[C@@H]1C[C@@H](CO)[C@](N)(c2ccccc2F)C1.CO[C@@H]1C[C@H]2COC[C@@]2(c2ccccc2F)C1.CO[C@@H]1C[C@H]2CSC(N)=N[C@@]2(c2ccccc2F)C1.CO[C@@H]1C[C@H]2CSC(NC(=O)OC(C)(C)C)=N[C@@]2(c2cc(N)ccc2F)C1.CO[C@@H]1C[C@H]2CSC(NC(=O)OC(C)(C)C)=N[C@@]2(c2cc([N+](=O)[O-])ccc2F)C1. The van der Waals surface area contributed by atoms with Gasteiger partial charge in [-0.25, -0.2) is 40.7 Å². The lowest BCUT2D eigenvalue weighted by atomic mass is 9.69. The van der Waals surface area contributed by atoms with Crippen LogP contribution in [0.15, 0.2) is 197 Å². The number of aliphatic hydroxyl groups is 2. The van der Waals surface area contributed by atoms with Crippen molar-refractivity contribution in [2.45, 2.75) is 212 Å². The van der Waals surface area contributed by atoms with Crippen LogP contribution >= 0.6 is 47.5 Å². The Morgan fingerprint density at radius 3 is 1.36 bits per heavy atom. The Bertz CT molecular complexity index is 6020. The Labute approximate surface area is 866 Å². The van der Waals surface area contributed by atoms with E-state index in [9.17, 15) is 61.1 Å². The number of thioether (sulfide) groups is 3. The number of alkyl carbamates (subject to hydrolysis) is 3. The fourth-order valence-corrected chi connectivity index (χ4v) is 26.9. The lowest BCUT2D eigenvalue weighted by Crippen LogP contribution is -2.42. The van der Waals surface area contributed by atoms with Crippen LogP contribution in [0.25, 0.3) is 11.1 Å². The number of hydrogen-bond donors (Lipinski definition) is 8. The van der Waals surface area contributed by atoms with Crippen molar-refractivity contribution in [1.82, 2.24) is 16.0 Å². The third-order valence-electron chi connectivity index (χ3n) is 30.2. The molecule has 3 amide bonds. The van der Waals surface area contributed by atoms with Crippen LogP contribution in [-0.4, -0.2) is 195 Å². The van der Waals surface area contributed by atoms with Crippen molar-refractivity contribution in [3.05, 3.63) is 272 Å². The molecule has 1 saturated heterocycles. The largest absolute Gasteiger partial charge is 0.448 e. The lowest BCUT2D eigenvalue weighted by molar-refractivity contribution is -0.385. The Morgan fingerprint density at radius 1 is 0.479 bits per heavy atom. The number of aliphatic hydroxyl groups excluding tert-OH is 2. The zero-order chi connectivity index (χ0) is 105. The molecule has 11 aliphatic rings. The Kier molecular flexibility index (Phi) is 36.5. The number of thiocarbonyl (C=S) groups is 1. The van der Waals surface area contributed by atoms with Gasteiger partial charge in [0.25, 0.3) is 5.69 Å². The van der Waals surface area contributed by atoms with Gasteiger partial charge in [-0.1, -0.05) is 169 Å². The van der Waals surface area contributed by atoms with E-state index >= 15 is 0 Å². The molecule has 4 heterocycles. The van der Waals surface area contributed by atoms with Gasteiger partial charge in [-0.05, 0) is 193 Å². The van der Waals surface area contributed by atoms with Gasteiger partial charge in [0.1, 0.15) is 52.7 Å². The number of nitrogen functional groups attached to an aromatic ring is 1. The molecule has 4 aliphatic heterocycles. The zero-order valence-corrected chi connectivity index (χ0v) is 87.4. The van der Waals surface area contributed by atoms with Crippen molar-refractivity contribution in [3.8, 4) is 11.1 Å². The first-order valence-corrected chi connectivity index (χ1v) is 52.4. The van der Waals surface area contributed by atoms with Crippen LogP contribution in [0, 0.1) is 80.5 Å². The van der Waals surface area contributed by atoms with Crippen LogP contribution in [0.5, 0.6) is 0 Å². The topological polar surface area (TPSA) is 378 Å². The molecule has 37 heteroatoms. The summed E-state index contributed by atoms with van der Waals surface area (Å²) in [4.78, 5) is 62.2. The number of carbonyl (C=O) groups excluding carboxylic acids is 3. The van der Waals surface area contributed by atoms with E-state index in [2.05, 4.69) is 45.2 Å². The maximum Gasteiger partial charge on any atom is 0.413 e. The number of halogens is 6. The average molecular weight is 2100 g/mol. The molecule has 0 bridgehead atoms. The molecule has 8 aromatic carbocycles. The number of nitrogens with zero attached hydrogens (tertiary/aromatic N) is 4. The number of non-ortho nitro benzene ring substituents is 1. The van der Waals surface area contributed by atoms with Gasteiger partial charge in [-0.15, -0.1) is 0 Å². The molecule has 7 aliphatic carbocycles. The second-order valence-electron chi connectivity index (χ2n) is 41.1. The van der Waals surface area contributed by atoms with Crippen molar-refractivity contribution >= 4 is 97.6 Å². The predicted molar refractivity (Wildman–Crippen MR) is 558 cm³/mol. The molecule has 6 saturated carbocycles. The van der Waals surface area contributed by atoms with Gasteiger partial charge in [0.2, 0.25) is 0 Å². The van der Waals surface area contributed by atoms with Gasteiger partial charge in [-0.2, -0.15) is 0 Å². The summed E-state index contributed by atoms with van der Waals surface area (Å²) in [6.45, 7) is 12.0. The fraction of sp³-hybridized carbons (Fsp3) is 0.495. The van der Waals surface area contributed by atoms with Gasteiger partial charge in [0, 0.05) is 179 Å². The smallest absolute Gasteiger partial charge is 0.413 e. The number of nitrogens with one attached hydrogen (secondary N) is 3. The minimum Gasteiger partial charge on any atom is -0.448 e. The van der Waals surface area contributed by atoms with Crippen LogP contribution in [0.3, 0.4) is 0 Å². The van der Waals surface area contributed by atoms with Crippen molar-refractivity contribution in [1.29, 1.82) is 0 Å². The second-order valence-corrected chi connectivity index (χ2v) is 44.6. The molecule has 0 unspecified atom stereocenters. The Balaban J connectivity index is 0.000000142. The summed E-state index contributed by atoms with van der Waals surface area (Å²) < 4.78 is 141. The number of carbonyl (C=O) groups is 3. The number of anilines is 1. The molecule has 0 radical (unpaired) electrons. The number of amides is 3. The average Bonchev–Trinajstić information content (AvgIpc) is 1.58. The molecular weight excluding hydrogens is 1960 g/mol. The van der Waals surface area contributed by atoms with E-state index in [1.54, 1.807) is 157 Å². The molecule has 146 heavy (non-hydrogen) atoms. The van der Waals surface area contributed by atoms with E-state index in [1.165, 1.54) is 59.9 Å². The summed E-state index contributed by atoms with van der Waals surface area (Å²) >= 11 is 9.91. The highest BCUT2D eigenvalue weighted by atomic mass is 32.2. The molecule has 8 aromatic rings. The van der Waals surface area contributed by atoms with E-state index < -0.39 is 67.8 Å². The van der Waals surface area contributed by atoms with Crippen molar-refractivity contribution in [3.63, 3.8) is 0 Å². The molecule has 27 nitrogen and oxygen atoms in total. The first-order valence-electron chi connectivity index (χ1n) is 49.0. The van der Waals surface area contributed by atoms with Crippen LogP contribution in [0.2, 0.25) is 0 Å². The number of methoxy groups -OCH3 is 6. The normalized spacial score (nSPS) is 28.5. The number of aliphatic imine (C=N–C) groups is 3. The first kappa shape index (κ1) is 112. The molecule has 786 valence electrons. The minimum atomic E-state index is -1.05. The van der Waals surface area contributed by atoms with Gasteiger partial charge in [0.05, 0.1) is 81.9 Å². The van der Waals surface area contributed by atoms with E-state index in [4.69, 9.17) is 86.8 Å². The first-order chi connectivity index (χ1) is 69.7. The molecule has 0 spiro atoms. The number of hydrogen-bond acceptors (Lipinski definition) is 27. The quantitative estimate of drug-likeness (QED) is 0.00931. The van der Waals surface area contributed by atoms with Crippen LogP contribution < -0.4 is 33.2 Å². The van der Waals surface area contributed by atoms with Crippen LogP contribution in [0.4, 0.5) is 52.1 Å². The summed E-state index contributed by atoms with van der Waals surface area (Å²) in [5, 5.41) is 40.2. The number of nitrogens with two attached hydrogens (primary N) is 3. The van der Waals surface area contributed by atoms with Crippen LogP contribution in [0.1, 0.15) is 175 Å². The number of ether oxygens (including phenoxy) is 10. The summed E-state index contributed by atoms with van der Waals surface area (Å²) in [7, 11) is 9.91. The fourth-order valence-electron chi connectivity index (χ4n) is 23.2. The summed E-state index contributed by atoms with van der Waals surface area (Å²) in [6.07, 6.45) is 6.40. The summed E-state index contributed by atoms with van der Waals surface area (Å²) in [6, 6.07) is 51.3. The van der Waals surface area contributed by atoms with E-state index in [1.807, 2.05) is 48.5 Å². The summed E-state index contributed by atoms with van der Waals surface area (Å²) in [5.41, 5.74) is 20.5. The molecule has 18 atom stereocenters. The number of fused-ring (bicyclic) bond motifs is 7. The van der Waals surface area contributed by atoms with E-state index in [0.29, 0.717) is 119 Å². The van der Waals surface area contributed by atoms with Gasteiger partial charge < -0.3 is 74.8 Å². The number of nitro groups is 1. The monoisotopic (exact) mass is 2090 g/mol. The highest BCUT2D eigenvalue weighted by Crippen LogP contribution is 2.58. The number of amidine groups is 3.